The number of hydrogen-bond donors (Lipinski definition) is 0. The molecule has 3 nitrogen and oxygen atoms in total. The van der Waals surface area contributed by atoms with Gasteiger partial charge in [0, 0.05) is 37.9 Å². The number of hydrogen-bond acceptors (Lipinski definition) is 3. The van der Waals surface area contributed by atoms with Gasteiger partial charge >= 0.3 is 0 Å². The first-order valence-electron chi connectivity index (χ1n) is 18.5. The largest absolute Gasteiger partial charge is 0.500 e. The van der Waals surface area contributed by atoms with Gasteiger partial charge in [-0.1, -0.05) is 111 Å². The van der Waals surface area contributed by atoms with E-state index in [0.717, 1.165) is 49.8 Å². The van der Waals surface area contributed by atoms with Gasteiger partial charge < -0.3 is 14.4 Å². The molecule has 0 aliphatic heterocycles. The summed E-state index contributed by atoms with van der Waals surface area (Å²) in [4.78, 5) is 9.34. The molecule has 3 heterocycles. The standard InChI is InChI=1S/C31H22NO.C17H22NSi.Ir/c1-2-8-24-19-32-29(17-21(24)7-1)23-13-15-30-28(16-23)27-14-12-22(18-31(27)33-30)26-11-5-9-20-6-3-4-10-25(20)26;1-13(2)15-11-16(14-9-7-6-8-10-14)18-12-17(15)19(3,4)5;/h1-2,5,7-9,11-12,14-19H,3-4,6,10H2;6-9,11-13H,1-5H3;/q2*-1;. The Balaban J connectivity index is 0.000000187. The third-order valence-electron chi connectivity index (χ3n) is 10.4. The number of benzene rings is 5. The van der Waals surface area contributed by atoms with Crippen LogP contribution in [0.15, 0.2) is 126 Å². The van der Waals surface area contributed by atoms with Crippen LogP contribution < -0.4 is 5.19 Å². The van der Waals surface area contributed by atoms with Crippen molar-refractivity contribution in [3.05, 3.63) is 150 Å². The van der Waals surface area contributed by atoms with Gasteiger partial charge in [-0.2, -0.15) is 0 Å². The maximum atomic E-state index is 6.27. The molecule has 0 atom stereocenters. The zero-order valence-electron chi connectivity index (χ0n) is 31.1. The molecule has 267 valence electrons. The van der Waals surface area contributed by atoms with Crippen LogP contribution in [-0.4, -0.2) is 18.0 Å². The normalized spacial score (nSPS) is 12.7. The first-order chi connectivity index (χ1) is 25.2. The Labute approximate surface area is 327 Å². The van der Waals surface area contributed by atoms with Crippen LogP contribution in [0.4, 0.5) is 0 Å². The summed E-state index contributed by atoms with van der Waals surface area (Å²) in [7, 11) is -1.34. The Morgan fingerprint density at radius 1 is 0.679 bits per heavy atom. The summed E-state index contributed by atoms with van der Waals surface area (Å²) < 4.78 is 6.27. The van der Waals surface area contributed by atoms with E-state index >= 15 is 0 Å². The molecule has 0 fully saturated rings. The van der Waals surface area contributed by atoms with Crippen molar-refractivity contribution >= 4 is 46.0 Å². The molecule has 0 bridgehead atoms. The van der Waals surface area contributed by atoms with Crippen molar-refractivity contribution in [2.45, 2.75) is 65.1 Å². The van der Waals surface area contributed by atoms with Crippen LogP contribution >= 0.6 is 0 Å². The Kier molecular flexibility index (Phi) is 10.6. The quantitative estimate of drug-likeness (QED) is 0.128. The number of nitrogens with zero attached hydrogens (tertiary/aromatic N) is 2. The maximum Gasteiger partial charge on any atom is 0.121 e. The van der Waals surface area contributed by atoms with Crippen LogP contribution in [0.25, 0.3) is 66.4 Å². The van der Waals surface area contributed by atoms with Gasteiger partial charge in [0.15, 0.2) is 0 Å². The number of furan rings is 1. The Hall–Kier alpha value is -4.67. The predicted molar refractivity (Wildman–Crippen MR) is 221 cm³/mol. The molecule has 0 unspecified atom stereocenters. The SMILES string of the molecule is CC(C)c1cc(-c2[c-]cccc2)ncc1[Si](C)(C)C.[Ir].[c-]1cc2oc3cc(-c4cccc5c4CCCC5)ccc3c2cc1-c1cc2ccccc2cn1. The van der Waals surface area contributed by atoms with E-state index in [9.17, 15) is 0 Å². The van der Waals surface area contributed by atoms with Crippen LogP contribution in [0.5, 0.6) is 0 Å². The van der Waals surface area contributed by atoms with Crippen LogP contribution in [0.1, 0.15) is 49.3 Å². The van der Waals surface area contributed by atoms with Gasteiger partial charge in [0.05, 0.1) is 13.7 Å². The van der Waals surface area contributed by atoms with E-state index in [0.29, 0.717) is 5.92 Å². The molecule has 8 aromatic rings. The monoisotopic (exact) mass is 885 g/mol. The summed E-state index contributed by atoms with van der Waals surface area (Å²) in [5.74, 6) is 0.534. The molecule has 1 aliphatic carbocycles. The second kappa shape index (κ2) is 15.4. The Morgan fingerprint density at radius 2 is 1.45 bits per heavy atom. The van der Waals surface area contributed by atoms with E-state index in [-0.39, 0.29) is 20.1 Å². The van der Waals surface area contributed by atoms with Gasteiger partial charge in [-0.15, -0.1) is 59.7 Å². The van der Waals surface area contributed by atoms with E-state index in [1.165, 1.54) is 64.1 Å². The zero-order valence-corrected chi connectivity index (χ0v) is 34.5. The molecule has 3 aromatic heterocycles. The minimum absolute atomic E-state index is 0. The molecular weight excluding hydrogens is 841 g/mol. The molecule has 53 heavy (non-hydrogen) atoms. The van der Waals surface area contributed by atoms with Crippen LogP contribution in [0.2, 0.25) is 19.6 Å². The molecule has 0 N–H and O–H groups in total. The Bertz CT molecular complexity index is 2550. The number of rotatable bonds is 5. The molecular formula is C48H44IrN2OSi-2. The van der Waals surface area contributed by atoms with Gasteiger partial charge in [0.25, 0.3) is 0 Å². The fourth-order valence-electron chi connectivity index (χ4n) is 7.59. The van der Waals surface area contributed by atoms with Crippen molar-refractivity contribution in [1.29, 1.82) is 0 Å². The van der Waals surface area contributed by atoms with E-state index in [2.05, 4.69) is 141 Å². The molecule has 5 aromatic carbocycles. The summed E-state index contributed by atoms with van der Waals surface area (Å²) in [5.41, 5.74) is 12.9. The minimum Gasteiger partial charge on any atom is -0.500 e. The van der Waals surface area contributed by atoms with Crippen LogP contribution in [0, 0.1) is 12.1 Å². The van der Waals surface area contributed by atoms with Crippen LogP contribution in [0.3, 0.4) is 0 Å². The molecule has 0 saturated carbocycles. The summed E-state index contributed by atoms with van der Waals surface area (Å²) in [6, 6.07) is 44.9. The molecule has 5 heteroatoms. The zero-order chi connectivity index (χ0) is 35.8. The first kappa shape index (κ1) is 36.7. The molecule has 9 rings (SSSR count). The summed E-state index contributed by atoms with van der Waals surface area (Å²) in [6.45, 7) is 11.7. The fraction of sp³-hybridized carbons (Fsp3) is 0.208. The average Bonchev–Trinajstić information content (AvgIpc) is 3.54. The molecule has 0 saturated heterocycles. The van der Waals surface area contributed by atoms with Gasteiger partial charge in [-0.25, -0.2) is 0 Å². The van der Waals surface area contributed by atoms with Gasteiger partial charge in [-0.3, -0.25) is 0 Å². The molecule has 1 aliphatic rings. The third kappa shape index (κ3) is 7.57. The summed E-state index contributed by atoms with van der Waals surface area (Å²) in [6.07, 6.45) is 8.96. The predicted octanol–water partition coefficient (Wildman–Crippen LogP) is 12.4. The second-order valence-electron chi connectivity index (χ2n) is 15.3. The topological polar surface area (TPSA) is 38.9 Å². The fourth-order valence-corrected chi connectivity index (χ4v) is 9.27. The number of pyridine rings is 2. The number of aromatic nitrogens is 2. The van der Waals surface area contributed by atoms with Crippen LogP contribution in [-0.2, 0) is 32.9 Å². The van der Waals surface area contributed by atoms with Crippen molar-refractivity contribution < 1.29 is 24.5 Å². The summed E-state index contributed by atoms with van der Waals surface area (Å²) >= 11 is 0. The van der Waals surface area contributed by atoms with Crippen molar-refractivity contribution in [3.63, 3.8) is 0 Å². The number of fused-ring (bicyclic) bond motifs is 5. The van der Waals surface area contributed by atoms with Gasteiger partial charge in [0.2, 0.25) is 0 Å². The third-order valence-corrected chi connectivity index (χ3v) is 12.4. The van der Waals surface area contributed by atoms with Crippen molar-refractivity contribution in [1.82, 2.24) is 9.97 Å². The van der Waals surface area contributed by atoms with Crippen molar-refractivity contribution in [3.8, 4) is 33.6 Å². The molecule has 0 spiro atoms. The van der Waals surface area contributed by atoms with E-state index in [1.54, 1.807) is 0 Å². The van der Waals surface area contributed by atoms with E-state index < -0.39 is 8.07 Å². The van der Waals surface area contributed by atoms with Gasteiger partial charge in [0.1, 0.15) is 5.58 Å². The molecule has 0 amide bonds. The van der Waals surface area contributed by atoms with E-state index in [4.69, 9.17) is 4.42 Å². The van der Waals surface area contributed by atoms with Crippen molar-refractivity contribution in [2.75, 3.05) is 0 Å². The van der Waals surface area contributed by atoms with Crippen molar-refractivity contribution in [2.24, 2.45) is 0 Å². The molecule has 1 radical (unpaired) electrons. The smallest absolute Gasteiger partial charge is 0.121 e. The average molecular weight is 885 g/mol. The second-order valence-corrected chi connectivity index (χ2v) is 20.4. The van der Waals surface area contributed by atoms with E-state index in [1.807, 2.05) is 36.5 Å². The number of aryl methyl sites for hydroxylation is 1. The first-order valence-corrected chi connectivity index (χ1v) is 22.0. The van der Waals surface area contributed by atoms with Gasteiger partial charge in [-0.05, 0) is 87.3 Å². The Morgan fingerprint density at radius 3 is 2.25 bits per heavy atom. The summed E-state index contributed by atoms with van der Waals surface area (Å²) in [5, 5.41) is 6.04. The maximum absolute atomic E-state index is 6.27. The minimum atomic E-state index is -1.34.